The molecule has 0 saturated carbocycles. The lowest BCUT2D eigenvalue weighted by Crippen LogP contribution is -2.50. The summed E-state index contributed by atoms with van der Waals surface area (Å²) in [5, 5.41) is 2.78. The number of amides is 2. The first-order chi connectivity index (χ1) is 15.1. The van der Waals surface area contributed by atoms with E-state index in [-0.39, 0.29) is 36.2 Å². The zero-order valence-electron chi connectivity index (χ0n) is 18.5. The van der Waals surface area contributed by atoms with Crippen LogP contribution in [-0.4, -0.2) is 28.2 Å². The topological polar surface area (TPSA) is 87.8 Å². The lowest BCUT2D eigenvalue weighted by Gasteiger charge is -2.35. The van der Waals surface area contributed by atoms with Crippen LogP contribution in [-0.2, 0) is 11.3 Å². The number of nitrogens with one attached hydrogen (secondary N) is 1. The minimum absolute atomic E-state index is 0.0158. The third-order valence-corrected chi connectivity index (χ3v) is 5.56. The van der Waals surface area contributed by atoms with E-state index in [2.05, 4.69) is 10.3 Å². The second-order valence-corrected chi connectivity index (χ2v) is 8.47. The van der Waals surface area contributed by atoms with Gasteiger partial charge in [-0.15, -0.1) is 0 Å². The highest BCUT2D eigenvalue weighted by Gasteiger charge is 2.35. The van der Waals surface area contributed by atoms with Gasteiger partial charge in [0.2, 0.25) is 5.91 Å². The van der Waals surface area contributed by atoms with Gasteiger partial charge >= 0.3 is 0 Å². The van der Waals surface area contributed by atoms with E-state index in [9.17, 15) is 18.4 Å². The third kappa shape index (κ3) is 5.49. The number of guanidine groups is 1. The van der Waals surface area contributed by atoms with Gasteiger partial charge in [-0.05, 0) is 61.7 Å². The number of nitrogens with two attached hydrogens (primary N) is 1. The Bertz CT molecular complexity index is 1040. The molecule has 2 atom stereocenters. The Morgan fingerprint density at radius 1 is 1.22 bits per heavy atom. The molecule has 0 unspecified atom stereocenters. The average molecular weight is 443 g/mol. The Hall–Kier alpha value is -3.29. The first kappa shape index (κ1) is 23.4. The molecule has 0 fully saturated rings. The van der Waals surface area contributed by atoms with Crippen LogP contribution in [0.2, 0.25) is 0 Å². The number of carbonyl (C=O) groups excluding carboxylic acids is 2. The highest BCUT2D eigenvalue weighted by atomic mass is 19.1. The van der Waals surface area contributed by atoms with Crippen LogP contribution in [0.15, 0.2) is 47.5 Å². The maximum atomic E-state index is 14.3. The van der Waals surface area contributed by atoms with E-state index in [0.29, 0.717) is 5.56 Å². The van der Waals surface area contributed by atoms with Crippen LogP contribution in [0.4, 0.5) is 8.78 Å². The van der Waals surface area contributed by atoms with E-state index < -0.39 is 23.3 Å². The van der Waals surface area contributed by atoms with Gasteiger partial charge in [-0.2, -0.15) is 0 Å². The SMILES string of the molecule is CCC[C@]1(C)CC(=O)N(Cc2cc(F)cc(C(=O)N[C@@H](C)c3ccc(F)cc3)c2)C(N)=N1. The van der Waals surface area contributed by atoms with Gasteiger partial charge in [0, 0.05) is 5.56 Å². The summed E-state index contributed by atoms with van der Waals surface area (Å²) in [6.45, 7) is 5.68. The smallest absolute Gasteiger partial charge is 0.251 e. The van der Waals surface area contributed by atoms with Crippen LogP contribution in [0.5, 0.6) is 0 Å². The molecular weight excluding hydrogens is 414 g/mol. The Labute approximate surface area is 186 Å². The maximum Gasteiger partial charge on any atom is 0.251 e. The largest absolute Gasteiger partial charge is 0.369 e. The molecule has 3 rings (SSSR count). The molecule has 8 heteroatoms. The van der Waals surface area contributed by atoms with Crippen LogP contribution in [0, 0.1) is 11.6 Å². The summed E-state index contributed by atoms with van der Waals surface area (Å²) in [6, 6.07) is 9.29. The number of hydrogen-bond donors (Lipinski definition) is 2. The monoisotopic (exact) mass is 442 g/mol. The second-order valence-electron chi connectivity index (χ2n) is 8.47. The number of nitrogens with zero attached hydrogens (tertiary/aromatic N) is 2. The molecular formula is C24H28F2N4O2. The second kappa shape index (κ2) is 9.46. The minimum atomic E-state index is -0.599. The molecule has 32 heavy (non-hydrogen) atoms. The standard InChI is InChI=1S/C24H28F2N4O2/c1-4-9-24(3)13-21(31)30(23(27)29-24)14-16-10-18(12-20(26)11-16)22(32)28-15(2)17-5-7-19(25)8-6-17/h5-8,10-12,15H,4,9,13-14H2,1-3H3,(H2,27,29)(H,28,32)/t15-,24+/m0/s1. The molecule has 1 heterocycles. The quantitative estimate of drug-likeness (QED) is 0.678. The Morgan fingerprint density at radius 2 is 1.91 bits per heavy atom. The minimum Gasteiger partial charge on any atom is -0.369 e. The van der Waals surface area contributed by atoms with Crippen LogP contribution < -0.4 is 11.1 Å². The van der Waals surface area contributed by atoms with Crippen LogP contribution in [0.3, 0.4) is 0 Å². The summed E-state index contributed by atoms with van der Waals surface area (Å²) in [6.07, 6.45) is 1.84. The van der Waals surface area contributed by atoms with Crippen molar-refractivity contribution in [2.45, 2.75) is 58.2 Å². The lowest BCUT2D eigenvalue weighted by atomic mass is 9.91. The predicted octanol–water partition coefficient (Wildman–Crippen LogP) is 4.06. The van der Waals surface area contributed by atoms with Crippen molar-refractivity contribution in [3.63, 3.8) is 0 Å². The first-order valence-electron chi connectivity index (χ1n) is 10.6. The number of aliphatic imine (C=N–C) groups is 1. The fraction of sp³-hybridized carbons (Fsp3) is 0.375. The van der Waals surface area contributed by atoms with Gasteiger partial charge in [0.15, 0.2) is 5.96 Å². The summed E-state index contributed by atoms with van der Waals surface area (Å²) in [4.78, 5) is 31.2. The Balaban J connectivity index is 1.76. The molecule has 1 aliphatic heterocycles. The van der Waals surface area contributed by atoms with Gasteiger partial charge in [0.05, 0.1) is 24.5 Å². The molecule has 0 bridgehead atoms. The molecule has 0 radical (unpaired) electrons. The predicted molar refractivity (Wildman–Crippen MR) is 119 cm³/mol. The van der Waals surface area contributed by atoms with E-state index in [4.69, 9.17) is 5.73 Å². The van der Waals surface area contributed by atoms with Crippen molar-refractivity contribution in [3.05, 3.63) is 70.8 Å². The van der Waals surface area contributed by atoms with E-state index in [0.717, 1.165) is 24.5 Å². The first-order valence-corrected chi connectivity index (χ1v) is 10.6. The molecule has 2 amide bonds. The number of benzene rings is 2. The average Bonchev–Trinajstić information content (AvgIpc) is 2.70. The molecule has 170 valence electrons. The highest BCUT2D eigenvalue weighted by molar-refractivity contribution is 5.99. The van der Waals surface area contributed by atoms with Gasteiger partial charge in [-0.3, -0.25) is 14.5 Å². The van der Waals surface area contributed by atoms with Crippen molar-refractivity contribution in [1.82, 2.24) is 10.2 Å². The van der Waals surface area contributed by atoms with E-state index in [1.54, 1.807) is 19.1 Å². The molecule has 0 spiro atoms. The summed E-state index contributed by atoms with van der Waals surface area (Å²) >= 11 is 0. The number of hydrogen-bond acceptors (Lipinski definition) is 4. The third-order valence-electron chi connectivity index (χ3n) is 5.56. The maximum absolute atomic E-state index is 14.3. The Morgan fingerprint density at radius 3 is 2.53 bits per heavy atom. The van der Waals surface area contributed by atoms with Crippen molar-refractivity contribution >= 4 is 17.8 Å². The van der Waals surface area contributed by atoms with Crippen LogP contribution in [0.25, 0.3) is 0 Å². The molecule has 0 aliphatic carbocycles. The normalized spacial score (nSPS) is 19.5. The van der Waals surface area contributed by atoms with Crippen LogP contribution >= 0.6 is 0 Å². The molecule has 1 aliphatic rings. The van der Waals surface area contributed by atoms with Crippen molar-refractivity contribution < 1.29 is 18.4 Å². The summed E-state index contributed by atoms with van der Waals surface area (Å²) in [5.74, 6) is -1.54. The summed E-state index contributed by atoms with van der Waals surface area (Å²) < 4.78 is 27.4. The fourth-order valence-corrected chi connectivity index (χ4v) is 3.95. The molecule has 6 nitrogen and oxygen atoms in total. The molecule has 2 aromatic rings. The zero-order valence-corrected chi connectivity index (χ0v) is 18.5. The van der Waals surface area contributed by atoms with E-state index >= 15 is 0 Å². The van der Waals surface area contributed by atoms with E-state index in [1.807, 2.05) is 13.8 Å². The highest BCUT2D eigenvalue weighted by Crippen LogP contribution is 2.28. The van der Waals surface area contributed by atoms with Gasteiger partial charge in [0.25, 0.3) is 5.91 Å². The molecule has 2 aromatic carbocycles. The molecule has 0 aromatic heterocycles. The fourth-order valence-electron chi connectivity index (χ4n) is 3.95. The summed E-state index contributed by atoms with van der Waals surface area (Å²) in [5.41, 5.74) is 6.78. The van der Waals surface area contributed by atoms with Crippen molar-refractivity contribution in [1.29, 1.82) is 0 Å². The van der Waals surface area contributed by atoms with Gasteiger partial charge in [-0.1, -0.05) is 25.5 Å². The van der Waals surface area contributed by atoms with Crippen molar-refractivity contribution in [2.24, 2.45) is 10.7 Å². The van der Waals surface area contributed by atoms with Crippen molar-refractivity contribution in [3.8, 4) is 0 Å². The number of rotatable bonds is 7. The number of halogens is 2. The van der Waals surface area contributed by atoms with Crippen LogP contribution in [0.1, 0.15) is 67.6 Å². The van der Waals surface area contributed by atoms with E-state index in [1.165, 1.54) is 29.2 Å². The van der Waals surface area contributed by atoms with Crippen molar-refractivity contribution in [2.75, 3.05) is 0 Å². The summed E-state index contributed by atoms with van der Waals surface area (Å²) in [7, 11) is 0. The van der Waals surface area contributed by atoms with Gasteiger partial charge in [-0.25, -0.2) is 13.8 Å². The lowest BCUT2D eigenvalue weighted by molar-refractivity contribution is -0.130. The van der Waals surface area contributed by atoms with Gasteiger partial charge < -0.3 is 11.1 Å². The molecule has 3 N–H and O–H groups in total. The number of carbonyl (C=O) groups is 2. The van der Waals surface area contributed by atoms with Gasteiger partial charge in [0.1, 0.15) is 11.6 Å². The molecule has 0 saturated heterocycles. The zero-order chi connectivity index (χ0) is 23.5. The Kier molecular flexibility index (Phi) is 6.91.